The Bertz CT molecular complexity index is 36.8. The predicted octanol–water partition coefficient (Wildman–Crippen LogP) is 1.92. The average molecular weight is 156 g/mol. The normalized spacial score (nSPS) is 6.00. The smallest absolute Gasteiger partial charge is 0.197 e. The molecule has 0 saturated carbocycles. The van der Waals surface area contributed by atoms with Gasteiger partial charge in [0.2, 0.25) is 0 Å². The van der Waals surface area contributed by atoms with Gasteiger partial charge in [-0.1, -0.05) is 12.2 Å². The summed E-state index contributed by atoms with van der Waals surface area (Å²) in [5, 5.41) is 0. The van der Waals surface area contributed by atoms with Crippen LogP contribution in [0.5, 0.6) is 0 Å². The van der Waals surface area contributed by atoms with Crippen LogP contribution >= 0.6 is 13.5 Å². The van der Waals surface area contributed by atoms with E-state index in [9.17, 15) is 0 Å². The van der Waals surface area contributed by atoms with Gasteiger partial charge >= 0.3 is 2.85 Å². The van der Waals surface area contributed by atoms with Crippen LogP contribution in [0.15, 0.2) is 12.2 Å². The maximum atomic E-state index is 3.67. The van der Waals surface area contributed by atoms with Crippen LogP contribution in [0, 0.1) is 0 Å². The molecule has 0 aliphatic rings. The van der Waals surface area contributed by atoms with E-state index in [1.807, 2.05) is 26.0 Å². The molecule has 0 aromatic heterocycles. The summed E-state index contributed by atoms with van der Waals surface area (Å²) in [5.74, 6) is 0. The SMILES string of the molecule is CC=CC.S.S=S.[H+].[H+]. The van der Waals surface area contributed by atoms with E-state index in [-0.39, 0.29) is 16.3 Å². The fourth-order valence-electron chi connectivity index (χ4n) is 0. The fourth-order valence-corrected chi connectivity index (χ4v) is 0. The van der Waals surface area contributed by atoms with Crippen LogP contribution in [0.25, 0.3) is 0 Å². The second kappa shape index (κ2) is 31.2. The summed E-state index contributed by atoms with van der Waals surface area (Å²) in [7, 11) is 0. The van der Waals surface area contributed by atoms with Crippen molar-refractivity contribution < 1.29 is 2.85 Å². The monoisotopic (exact) mass is 156 g/mol. The first-order valence-electron chi connectivity index (χ1n) is 1.65. The fraction of sp³-hybridized carbons (Fsp3) is 0.500. The van der Waals surface area contributed by atoms with E-state index < -0.39 is 0 Å². The summed E-state index contributed by atoms with van der Waals surface area (Å²) < 4.78 is 0. The quantitative estimate of drug-likeness (QED) is 0.491. The van der Waals surface area contributed by atoms with Gasteiger partial charge in [-0.15, -0.1) is 0 Å². The maximum Gasteiger partial charge on any atom is 1.00 e. The van der Waals surface area contributed by atoms with Gasteiger partial charge in [0.25, 0.3) is 0 Å². The Hall–Kier alpha value is 0.530. The summed E-state index contributed by atoms with van der Waals surface area (Å²) in [6.07, 6.45) is 4.00. The van der Waals surface area contributed by atoms with Gasteiger partial charge in [-0.05, 0) is 13.8 Å². The van der Waals surface area contributed by atoms with Crippen molar-refractivity contribution in [2.45, 2.75) is 13.8 Å². The molecule has 0 amide bonds. The first-order chi connectivity index (χ1) is 2.91. The minimum atomic E-state index is 0. The number of hydrogen-bond acceptors (Lipinski definition) is 2. The van der Waals surface area contributed by atoms with E-state index >= 15 is 0 Å². The molecule has 0 N–H and O–H groups in total. The van der Waals surface area contributed by atoms with E-state index in [2.05, 4.69) is 22.4 Å². The molecule has 0 aliphatic heterocycles. The van der Waals surface area contributed by atoms with Crippen molar-refractivity contribution in [2.75, 3.05) is 0 Å². The minimum absolute atomic E-state index is 0. The maximum absolute atomic E-state index is 3.67. The standard InChI is InChI=1S/C4H8.S2.H2S/c1-3-4-2;1-2;/h3-4H,1-2H3;;1H2/p+2. The van der Waals surface area contributed by atoms with E-state index in [1.54, 1.807) is 0 Å². The predicted molar refractivity (Wildman–Crippen MR) is 47.8 cm³/mol. The molecule has 0 spiro atoms. The first kappa shape index (κ1) is 15.6. The van der Waals surface area contributed by atoms with Crippen LogP contribution in [-0.4, -0.2) is 0 Å². The lowest BCUT2D eigenvalue weighted by molar-refractivity contribution is 1.64. The Morgan fingerprint density at radius 2 is 1.29 bits per heavy atom. The Morgan fingerprint density at radius 1 is 1.14 bits per heavy atom. The third-order valence-electron chi connectivity index (χ3n) is 0.333. The molecule has 44 valence electrons. The van der Waals surface area contributed by atoms with E-state index in [0.717, 1.165) is 0 Å². The molecule has 3 heteroatoms. The van der Waals surface area contributed by atoms with Gasteiger partial charge in [-0.25, -0.2) is 0 Å². The topological polar surface area (TPSA) is 0 Å². The third kappa shape index (κ3) is 57.2. The Morgan fingerprint density at radius 3 is 1.29 bits per heavy atom. The van der Waals surface area contributed by atoms with Gasteiger partial charge in [0.05, 0.1) is 0 Å². The van der Waals surface area contributed by atoms with Crippen LogP contribution < -0.4 is 0 Å². The summed E-state index contributed by atoms with van der Waals surface area (Å²) in [6.45, 7) is 4.00. The molecular weight excluding hydrogens is 144 g/mol. The molecule has 0 nitrogen and oxygen atoms in total. The van der Waals surface area contributed by atoms with Crippen LogP contribution in [0.3, 0.4) is 0 Å². The lowest BCUT2D eigenvalue weighted by Gasteiger charge is -1.49. The molecule has 0 bridgehead atoms. The number of allylic oxidation sites excluding steroid dienone is 2. The van der Waals surface area contributed by atoms with Gasteiger partial charge in [0, 0.05) is 22.4 Å². The minimum Gasteiger partial charge on any atom is -0.197 e. The summed E-state index contributed by atoms with van der Waals surface area (Å²) >= 11 is 7.33. The zero-order valence-corrected chi connectivity index (χ0v) is 7.10. The first-order valence-corrected chi connectivity index (χ1v) is 2.99. The molecule has 0 radical (unpaired) electrons. The van der Waals surface area contributed by atoms with Crippen LogP contribution in [0.4, 0.5) is 0 Å². The summed E-state index contributed by atoms with van der Waals surface area (Å²) in [5.41, 5.74) is 0. The highest BCUT2D eigenvalue weighted by Gasteiger charge is 1.34. The van der Waals surface area contributed by atoms with Gasteiger partial charge in [0.1, 0.15) is 0 Å². The second-order valence-corrected chi connectivity index (χ2v) is 0.667. The average Bonchev–Trinajstić information content (AvgIpc) is 1.72. The number of rotatable bonds is 0. The van der Waals surface area contributed by atoms with Gasteiger partial charge in [0.15, 0.2) is 0 Å². The molecule has 0 aliphatic carbocycles. The lowest BCUT2D eigenvalue weighted by Crippen LogP contribution is -1.26. The Balaban J connectivity index is -0.00000000990. The summed E-state index contributed by atoms with van der Waals surface area (Å²) in [4.78, 5) is 0. The molecule has 0 atom stereocenters. The van der Waals surface area contributed by atoms with E-state index in [4.69, 9.17) is 0 Å². The largest absolute Gasteiger partial charge is 1.00 e. The highest BCUT2D eigenvalue weighted by atomic mass is 32.8. The van der Waals surface area contributed by atoms with Crippen molar-refractivity contribution in [1.82, 2.24) is 0 Å². The molecular formula is C4H12S3+2. The highest BCUT2D eigenvalue weighted by molar-refractivity contribution is 8.07. The van der Waals surface area contributed by atoms with Crippen LogP contribution in [-0.2, 0) is 22.4 Å². The zero-order valence-electron chi connectivity index (χ0n) is 6.47. The van der Waals surface area contributed by atoms with Gasteiger partial charge in [-0.3, -0.25) is 0 Å². The third-order valence-corrected chi connectivity index (χ3v) is 0.333. The molecule has 0 unspecified atom stereocenters. The molecule has 0 saturated heterocycles. The van der Waals surface area contributed by atoms with Crippen molar-refractivity contribution in [3.8, 4) is 0 Å². The highest BCUT2D eigenvalue weighted by Crippen LogP contribution is 1.57. The Kier molecular flexibility index (Phi) is 69.7. The van der Waals surface area contributed by atoms with Gasteiger partial charge < -0.3 is 0 Å². The van der Waals surface area contributed by atoms with Crippen molar-refractivity contribution in [2.24, 2.45) is 0 Å². The molecule has 0 fully saturated rings. The molecule has 0 aromatic rings. The zero-order chi connectivity index (χ0) is 5.41. The van der Waals surface area contributed by atoms with Gasteiger partial charge in [-0.2, -0.15) is 13.5 Å². The second-order valence-electron chi connectivity index (χ2n) is 0.667. The molecule has 0 rings (SSSR count). The van der Waals surface area contributed by atoms with E-state index in [1.165, 1.54) is 0 Å². The van der Waals surface area contributed by atoms with E-state index in [0.29, 0.717) is 0 Å². The van der Waals surface area contributed by atoms with Crippen molar-refractivity contribution in [1.29, 1.82) is 0 Å². The molecule has 7 heavy (non-hydrogen) atoms. The molecule has 0 aromatic carbocycles. The lowest BCUT2D eigenvalue weighted by atomic mass is 10.6. The van der Waals surface area contributed by atoms with Crippen molar-refractivity contribution >= 4 is 35.9 Å². The Labute approximate surface area is 65.1 Å². The van der Waals surface area contributed by atoms with Crippen LogP contribution in [0.1, 0.15) is 16.7 Å². The van der Waals surface area contributed by atoms with Crippen molar-refractivity contribution in [3.05, 3.63) is 12.2 Å². The molecule has 0 heterocycles. The van der Waals surface area contributed by atoms with Crippen LogP contribution in [0.2, 0.25) is 0 Å². The number of hydrogen-bond donors (Lipinski definition) is 0. The summed E-state index contributed by atoms with van der Waals surface area (Å²) in [6, 6.07) is 0. The van der Waals surface area contributed by atoms with Crippen molar-refractivity contribution in [3.63, 3.8) is 0 Å².